The number of hydrogen-bond acceptors (Lipinski definition) is 5. The summed E-state index contributed by atoms with van der Waals surface area (Å²) in [5.41, 5.74) is -0.748. The molecule has 3 rings (SSSR count). The Labute approximate surface area is 161 Å². The minimum atomic E-state index is -4.71. The molecule has 0 aliphatic carbocycles. The van der Waals surface area contributed by atoms with Crippen LogP contribution in [0.4, 0.5) is 24.5 Å². The second kappa shape index (κ2) is 7.18. The molecule has 13 heteroatoms. The predicted octanol–water partition coefficient (Wildman–Crippen LogP) is 3.08. The fourth-order valence-electron chi connectivity index (χ4n) is 2.51. The Morgan fingerprint density at radius 2 is 1.66 bits per heavy atom. The Kier molecular flexibility index (Phi) is 5.02. The molecule has 0 aliphatic rings. The lowest BCUT2D eigenvalue weighted by Crippen LogP contribution is -2.21. The topological polar surface area (TPSA) is 133 Å². The highest BCUT2D eigenvalue weighted by atomic mass is 32.2. The Bertz CT molecular complexity index is 1160. The van der Waals surface area contributed by atoms with Crippen molar-refractivity contribution in [3.8, 4) is 16.9 Å². The Balaban J connectivity index is 2.08. The molecule has 0 atom stereocenters. The zero-order valence-corrected chi connectivity index (χ0v) is 15.1. The van der Waals surface area contributed by atoms with Gasteiger partial charge in [-0.1, -0.05) is 0 Å². The molecule has 3 N–H and O–H groups in total. The molecule has 1 heterocycles. The molecule has 0 amide bonds. The lowest BCUT2D eigenvalue weighted by atomic mass is 10.1. The van der Waals surface area contributed by atoms with Gasteiger partial charge in [0.15, 0.2) is 5.69 Å². The number of nitrogens with zero attached hydrogens (tertiary/aromatic N) is 3. The molecule has 0 unspecified atom stereocenters. The van der Waals surface area contributed by atoms with E-state index in [1.54, 1.807) is 0 Å². The van der Waals surface area contributed by atoms with Crippen LogP contribution in [0, 0.1) is 10.1 Å². The first-order chi connectivity index (χ1) is 13.4. The minimum absolute atomic E-state index is 0.0411. The summed E-state index contributed by atoms with van der Waals surface area (Å²) in [6, 6.07) is 11.1. The Morgan fingerprint density at radius 3 is 2.14 bits per heavy atom. The average molecular weight is 427 g/mol. The minimum Gasteiger partial charge on any atom is -0.271 e. The number of anilines is 1. The number of halogens is 3. The zero-order chi connectivity index (χ0) is 21.4. The molecule has 1 aromatic heterocycles. The van der Waals surface area contributed by atoms with Gasteiger partial charge in [0.05, 0.1) is 16.3 Å². The van der Waals surface area contributed by atoms with Crippen molar-refractivity contribution in [3.63, 3.8) is 0 Å². The second-order valence-electron chi connectivity index (χ2n) is 5.82. The largest absolute Gasteiger partial charge is 0.435 e. The molecule has 29 heavy (non-hydrogen) atoms. The normalized spacial score (nSPS) is 12.0. The molecule has 0 bridgehead atoms. The Hall–Kier alpha value is -3.45. The highest BCUT2D eigenvalue weighted by molar-refractivity contribution is 7.90. The van der Waals surface area contributed by atoms with Gasteiger partial charge >= 0.3 is 6.18 Å². The van der Waals surface area contributed by atoms with Crippen molar-refractivity contribution in [3.05, 3.63) is 70.4 Å². The maximum Gasteiger partial charge on any atom is 0.435 e. The van der Waals surface area contributed by atoms with Gasteiger partial charge < -0.3 is 0 Å². The molecule has 9 nitrogen and oxygen atoms in total. The number of benzene rings is 2. The molecule has 0 spiro atoms. The third-order valence-electron chi connectivity index (χ3n) is 3.75. The van der Waals surface area contributed by atoms with Gasteiger partial charge in [0.25, 0.3) is 15.9 Å². The zero-order valence-electron chi connectivity index (χ0n) is 14.3. The third kappa shape index (κ3) is 4.70. The number of hydrogen-bond donors (Lipinski definition) is 2. The lowest BCUT2D eigenvalue weighted by Gasteiger charge is -2.09. The van der Waals surface area contributed by atoms with E-state index in [0.29, 0.717) is 0 Å². The SMILES string of the molecule is NS(=O)(=O)Nc1ccc(-n2nc(C(F)(F)F)cc2-c2ccc([N+](=O)[O-])cc2)cc1. The van der Waals surface area contributed by atoms with E-state index in [9.17, 15) is 31.7 Å². The quantitative estimate of drug-likeness (QED) is 0.477. The molecule has 3 aromatic rings. The highest BCUT2D eigenvalue weighted by Gasteiger charge is 2.35. The van der Waals surface area contributed by atoms with Crippen LogP contribution in [-0.2, 0) is 16.4 Å². The van der Waals surface area contributed by atoms with Gasteiger partial charge in [0.1, 0.15) is 0 Å². The number of alkyl halides is 3. The number of aromatic nitrogens is 2. The molecule has 0 fully saturated rings. The molecular formula is C16H12F3N5O4S. The first-order valence-electron chi connectivity index (χ1n) is 7.77. The summed E-state index contributed by atoms with van der Waals surface area (Å²) in [4.78, 5) is 10.2. The maximum atomic E-state index is 13.2. The van der Waals surface area contributed by atoms with E-state index in [0.717, 1.165) is 10.7 Å². The van der Waals surface area contributed by atoms with Gasteiger partial charge in [-0.25, -0.2) is 9.82 Å². The van der Waals surface area contributed by atoms with Crippen LogP contribution in [0.1, 0.15) is 5.69 Å². The van der Waals surface area contributed by atoms with Gasteiger partial charge in [0, 0.05) is 23.4 Å². The third-order valence-corrected chi connectivity index (χ3v) is 4.27. The summed E-state index contributed by atoms with van der Waals surface area (Å²) in [6.07, 6.45) is -4.71. The van der Waals surface area contributed by atoms with Crippen LogP contribution in [0.15, 0.2) is 54.6 Å². The van der Waals surface area contributed by atoms with E-state index in [-0.39, 0.29) is 28.3 Å². The van der Waals surface area contributed by atoms with Gasteiger partial charge in [-0.15, -0.1) is 0 Å². The smallest absolute Gasteiger partial charge is 0.271 e. The monoisotopic (exact) mass is 427 g/mol. The number of nitrogens with two attached hydrogens (primary N) is 1. The van der Waals surface area contributed by atoms with Crippen LogP contribution in [0.2, 0.25) is 0 Å². The van der Waals surface area contributed by atoms with E-state index >= 15 is 0 Å². The van der Waals surface area contributed by atoms with Crippen LogP contribution >= 0.6 is 0 Å². The van der Waals surface area contributed by atoms with Crippen molar-refractivity contribution in [1.29, 1.82) is 0 Å². The molecule has 152 valence electrons. The summed E-state index contributed by atoms with van der Waals surface area (Å²) in [6.45, 7) is 0. The van der Waals surface area contributed by atoms with Crippen molar-refractivity contribution >= 4 is 21.6 Å². The summed E-state index contributed by atoms with van der Waals surface area (Å²) in [7, 11) is -4.01. The van der Waals surface area contributed by atoms with Crippen LogP contribution < -0.4 is 9.86 Å². The van der Waals surface area contributed by atoms with Crippen LogP contribution in [0.25, 0.3) is 16.9 Å². The van der Waals surface area contributed by atoms with E-state index in [1.807, 2.05) is 4.72 Å². The van der Waals surface area contributed by atoms with Gasteiger partial charge in [0.2, 0.25) is 0 Å². The number of nitrogens with one attached hydrogen (secondary N) is 1. The van der Waals surface area contributed by atoms with Crippen molar-refractivity contribution in [2.75, 3.05) is 4.72 Å². The van der Waals surface area contributed by atoms with E-state index in [4.69, 9.17) is 5.14 Å². The van der Waals surface area contributed by atoms with Crippen LogP contribution in [-0.4, -0.2) is 23.1 Å². The summed E-state index contributed by atoms with van der Waals surface area (Å²) < 4.78 is 64.7. The highest BCUT2D eigenvalue weighted by Crippen LogP contribution is 2.33. The van der Waals surface area contributed by atoms with Crippen molar-refractivity contribution in [2.45, 2.75) is 6.18 Å². The summed E-state index contributed by atoms with van der Waals surface area (Å²) in [5.74, 6) is 0. The van der Waals surface area contributed by atoms with Crippen molar-refractivity contribution < 1.29 is 26.5 Å². The van der Waals surface area contributed by atoms with Gasteiger partial charge in [-0.05, 0) is 42.5 Å². The number of nitro benzene ring substituents is 1. The first kappa shape index (κ1) is 20.3. The van der Waals surface area contributed by atoms with E-state index < -0.39 is 27.0 Å². The fraction of sp³-hybridized carbons (Fsp3) is 0.0625. The maximum absolute atomic E-state index is 13.2. The lowest BCUT2D eigenvalue weighted by molar-refractivity contribution is -0.384. The predicted molar refractivity (Wildman–Crippen MR) is 97.4 cm³/mol. The summed E-state index contributed by atoms with van der Waals surface area (Å²) in [5, 5.41) is 19.2. The van der Waals surface area contributed by atoms with Crippen LogP contribution in [0.3, 0.4) is 0 Å². The first-order valence-corrected chi connectivity index (χ1v) is 9.32. The number of rotatable bonds is 5. The molecule has 2 aromatic carbocycles. The van der Waals surface area contributed by atoms with Gasteiger partial charge in [-0.2, -0.15) is 26.7 Å². The molecule has 0 saturated carbocycles. The number of nitro groups is 1. The van der Waals surface area contributed by atoms with E-state index in [2.05, 4.69) is 5.10 Å². The number of non-ortho nitro benzene ring substituents is 1. The average Bonchev–Trinajstić information content (AvgIpc) is 3.07. The van der Waals surface area contributed by atoms with E-state index in [1.165, 1.54) is 48.5 Å². The van der Waals surface area contributed by atoms with Gasteiger partial charge in [-0.3, -0.25) is 14.8 Å². The molecular weight excluding hydrogens is 415 g/mol. The van der Waals surface area contributed by atoms with Crippen LogP contribution in [0.5, 0.6) is 0 Å². The molecule has 0 radical (unpaired) electrons. The standard InChI is InChI=1S/C16H12F3N5O4S/c17-16(18,19)15-9-14(10-1-5-13(6-2-10)24(25)26)23(21-15)12-7-3-11(4-8-12)22-29(20,27)28/h1-9,22H,(H2,20,27,28). The molecule has 0 aliphatic heterocycles. The van der Waals surface area contributed by atoms with Crippen molar-refractivity contribution in [2.24, 2.45) is 5.14 Å². The fourth-order valence-corrected chi connectivity index (χ4v) is 2.98. The Morgan fingerprint density at radius 1 is 1.07 bits per heavy atom. The van der Waals surface area contributed by atoms with Crippen molar-refractivity contribution in [1.82, 2.24) is 9.78 Å². The molecule has 0 saturated heterocycles. The second-order valence-corrected chi connectivity index (χ2v) is 7.12. The summed E-state index contributed by atoms with van der Waals surface area (Å²) >= 11 is 0.